The molecule has 24 heavy (non-hydrogen) atoms. The highest BCUT2D eigenvalue weighted by Gasteiger charge is 2.33. The molecule has 1 aromatic carbocycles. The molecule has 0 aromatic heterocycles. The highest BCUT2D eigenvalue weighted by atomic mass is 32.2. The zero-order valence-corrected chi connectivity index (χ0v) is 14.9. The van der Waals surface area contributed by atoms with E-state index in [-0.39, 0.29) is 17.6 Å². The van der Waals surface area contributed by atoms with Crippen LogP contribution in [-0.2, 0) is 20.6 Å². The molecule has 2 fully saturated rings. The number of carbonyl (C=O) groups excluding carboxylic acids is 1. The highest BCUT2D eigenvalue weighted by molar-refractivity contribution is 7.88. The highest BCUT2D eigenvalue weighted by Crippen LogP contribution is 2.24. The summed E-state index contributed by atoms with van der Waals surface area (Å²) in [5, 5.41) is 0. The molecule has 0 bridgehead atoms. The van der Waals surface area contributed by atoms with Crippen LogP contribution in [0.5, 0.6) is 0 Å². The Morgan fingerprint density at radius 1 is 0.958 bits per heavy atom. The first-order valence-electron chi connectivity index (χ1n) is 8.87. The van der Waals surface area contributed by atoms with Crippen LogP contribution < -0.4 is 0 Å². The fourth-order valence-corrected chi connectivity index (χ4v) is 5.19. The normalized spacial score (nSPS) is 20.9. The van der Waals surface area contributed by atoms with E-state index < -0.39 is 10.0 Å². The monoisotopic (exact) mass is 350 g/mol. The topological polar surface area (TPSA) is 57.7 Å². The van der Waals surface area contributed by atoms with Crippen LogP contribution in [0.1, 0.15) is 37.7 Å². The molecule has 2 heterocycles. The third-order valence-electron chi connectivity index (χ3n) is 5.06. The average molecular weight is 350 g/mol. The van der Waals surface area contributed by atoms with Crippen LogP contribution in [0.2, 0.25) is 0 Å². The molecule has 0 aliphatic carbocycles. The van der Waals surface area contributed by atoms with E-state index in [0.29, 0.717) is 25.9 Å². The zero-order valence-electron chi connectivity index (χ0n) is 14.1. The van der Waals surface area contributed by atoms with Crippen LogP contribution in [0.3, 0.4) is 0 Å². The summed E-state index contributed by atoms with van der Waals surface area (Å²) in [6.45, 7) is 2.65. The van der Waals surface area contributed by atoms with Crippen molar-refractivity contribution < 1.29 is 13.2 Å². The second kappa shape index (κ2) is 7.66. The van der Waals surface area contributed by atoms with E-state index in [4.69, 9.17) is 0 Å². The maximum absolute atomic E-state index is 12.6. The molecule has 2 saturated heterocycles. The molecule has 1 amide bonds. The van der Waals surface area contributed by atoms with Crippen LogP contribution in [0.15, 0.2) is 30.3 Å². The minimum atomic E-state index is -3.30. The second-order valence-corrected chi connectivity index (χ2v) is 8.77. The average Bonchev–Trinajstić information content (AvgIpc) is 2.62. The first kappa shape index (κ1) is 17.4. The first-order chi connectivity index (χ1) is 11.6. The molecular weight excluding hydrogens is 324 g/mol. The number of carbonyl (C=O) groups is 1. The van der Waals surface area contributed by atoms with E-state index in [0.717, 1.165) is 31.5 Å². The van der Waals surface area contributed by atoms with Gasteiger partial charge in [0.2, 0.25) is 15.9 Å². The lowest BCUT2D eigenvalue weighted by Gasteiger charge is -2.35. The van der Waals surface area contributed by atoms with Crippen molar-refractivity contribution >= 4 is 15.9 Å². The van der Waals surface area contributed by atoms with E-state index in [1.807, 2.05) is 35.2 Å². The van der Waals surface area contributed by atoms with Gasteiger partial charge in [-0.05, 0) is 37.7 Å². The van der Waals surface area contributed by atoms with Gasteiger partial charge in [-0.1, -0.05) is 30.3 Å². The Kier molecular flexibility index (Phi) is 5.56. The summed E-state index contributed by atoms with van der Waals surface area (Å²) in [4.78, 5) is 14.5. The van der Waals surface area contributed by atoms with Crippen molar-refractivity contribution in [2.24, 2.45) is 5.92 Å². The van der Waals surface area contributed by atoms with Gasteiger partial charge in [0.05, 0.1) is 5.75 Å². The van der Waals surface area contributed by atoms with Gasteiger partial charge in [0.25, 0.3) is 0 Å². The quantitative estimate of drug-likeness (QED) is 0.837. The Morgan fingerprint density at radius 2 is 1.58 bits per heavy atom. The predicted molar refractivity (Wildman–Crippen MR) is 93.8 cm³/mol. The Labute approximate surface area is 144 Å². The molecule has 1 aromatic rings. The number of amides is 1. The Morgan fingerprint density at radius 3 is 2.21 bits per heavy atom. The lowest BCUT2D eigenvalue weighted by Crippen LogP contribution is -2.45. The van der Waals surface area contributed by atoms with E-state index in [1.165, 1.54) is 6.42 Å². The SMILES string of the molecule is O=C(C1CCN(S(=O)(=O)Cc2ccccc2)CC1)N1CCCCC1. The summed E-state index contributed by atoms with van der Waals surface area (Å²) >= 11 is 0. The van der Waals surface area contributed by atoms with E-state index in [2.05, 4.69) is 0 Å². The minimum Gasteiger partial charge on any atom is -0.342 e. The summed E-state index contributed by atoms with van der Waals surface area (Å²) < 4.78 is 26.7. The van der Waals surface area contributed by atoms with Gasteiger partial charge in [-0.2, -0.15) is 0 Å². The Bertz CT molecular complexity index is 646. The lowest BCUT2D eigenvalue weighted by molar-refractivity contribution is -0.137. The molecular formula is C18H26N2O3S. The molecule has 0 spiro atoms. The van der Waals surface area contributed by atoms with Crippen molar-refractivity contribution in [1.29, 1.82) is 0 Å². The van der Waals surface area contributed by atoms with E-state index in [9.17, 15) is 13.2 Å². The zero-order chi connectivity index (χ0) is 17.0. The number of piperidine rings is 2. The van der Waals surface area contributed by atoms with Gasteiger partial charge in [0.15, 0.2) is 0 Å². The van der Waals surface area contributed by atoms with Crippen molar-refractivity contribution in [3.63, 3.8) is 0 Å². The first-order valence-corrected chi connectivity index (χ1v) is 10.5. The summed E-state index contributed by atoms with van der Waals surface area (Å²) in [6.07, 6.45) is 4.68. The van der Waals surface area contributed by atoms with E-state index >= 15 is 0 Å². The molecule has 0 unspecified atom stereocenters. The van der Waals surface area contributed by atoms with Gasteiger partial charge >= 0.3 is 0 Å². The lowest BCUT2D eigenvalue weighted by atomic mass is 9.95. The summed E-state index contributed by atoms with van der Waals surface area (Å²) in [5.74, 6) is 0.263. The number of benzene rings is 1. The van der Waals surface area contributed by atoms with Crippen molar-refractivity contribution in [1.82, 2.24) is 9.21 Å². The molecule has 0 radical (unpaired) electrons. The van der Waals surface area contributed by atoms with Crippen LogP contribution in [0.4, 0.5) is 0 Å². The third-order valence-corrected chi connectivity index (χ3v) is 6.91. The smallest absolute Gasteiger partial charge is 0.225 e. The number of hydrogen-bond donors (Lipinski definition) is 0. The van der Waals surface area contributed by atoms with Crippen LogP contribution in [0.25, 0.3) is 0 Å². The molecule has 2 aliphatic rings. The molecule has 3 rings (SSSR count). The second-order valence-electron chi connectivity index (χ2n) is 6.80. The van der Waals surface area contributed by atoms with Gasteiger partial charge in [-0.3, -0.25) is 4.79 Å². The maximum Gasteiger partial charge on any atom is 0.225 e. The fraction of sp³-hybridized carbons (Fsp3) is 0.611. The van der Waals surface area contributed by atoms with Gasteiger partial charge in [0, 0.05) is 32.1 Å². The van der Waals surface area contributed by atoms with Crippen LogP contribution in [-0.4, -0.2) is 49.7 Å². The maximum atomic E-state index is 12.6. The van der Waals surface area contributed by atoms with Crippen LogP contribution >= 0.6 is 0 Å². The largest absolute Gasteiger partial charge is 0.342 e. The Hall–Kier alpha value is -1.40. The van der Waals surface area contributed by atoms with Crippen molar-refractivity contribution in [2.45, 2.75) is 37.9 Å². The van der Waals surface area contributed by atoms with Crippen LogP contribution in [0, 0.1) is 5.92 Å². The molecule has 0 atom stereocenters. The van der Waals surface area contributed by atoms with Gasteiger partial charge in [-0.25, -0.2) is 12.7 Å². The fourth-order valence-electron chi connectivity index (χ4n) is 3.63. The molecule has 0 N–H and O–H groups in total. The van der Waals surface area contributed by atoms with Gasteiger partial charge in [0.1, 0.15) is 0 Å². The van der Waals surface area contributed by atoms with Crippen molar-refractivity contribution in [3.8, 4) is 0 Å². The van der Waals surface area contributed by atoms with E-state index in [1.54, 1.807) is 4.31 Å². The number of sulfonamides is 1. The van der Waals surface area contributed by atoms with Crippen molar-refractivity contribution in [3.05, 3.63) is 35.9 Å². The molecule has 0 saturated carbocycles. The molecule has 5 nitrogen and oxygen atoms in total. The summed E-state index contributed by atoms with van der Waals surface area (Å²) in [7, 11) is -3.30. The Balaban J connectivity index is 1.55. The molecule has 2 aliphatic heterocycles. The molecule has 6 heteroatoms. The predicted octanol–water partition coefficient (Wildman–Crippen LogP) is 2.24. The van der Waals surface area contributed by atoms with Gasteiger partial charge < -0.3 is 4.90 Å². The summed E-state index contributed by atoms with van der Waals surface area (Å²) in [5.41, 5.74) is 0.809. The van der Waals surface area contributed by atoms with Gasteiger partial charge in [-0.15, -0.1) is 0 Å². The summed E-state index contributed by atoms with van der Waals surface area (Å²) in [6, 6.07) is 9.27. The number of nitrogens with zero attached hydrogens (tertiary/aromatic N) is 2. The molecule has 132 valence electrons. The standard InChI is InChI=1S/C18H26N2O3S/c21-18(19-11-5-2-6-12-19)17-9-13-20(14-10-17)24(22,23)15-16-7-3-1-4-8-16/h1,3-4,7-8,17H,2,5-6,9-15H2. The third kappa shape index (κ3) is 4.16. The van der Waals surface area contributed by atoms with Crippen molar-refractivity contribution in [2.75, 3.05) is 26.2 Å². The number of hydrogen-bond acceptors (Lipinski definition) is 3. The number of likely N-dealkylation sites (tertiary alicyclic amines) is 1. The minimum absolute atomic E-state index is 0.00808. The number of rotatable bonds is 4.